The standard InChI is InChI=1S/C10H9ClN2O2/c1-13-7(4-10(14)15)3-8-9(13)2-6(11)5-12-8/h2-3,5H,4H2,1H3,(H,14,15). The van der Waals surface area contributed by atoms with Gasteiger partial charge in [0.2, 0.25) is 0 Å². The average molecular weight is 225 g/mol. The number of carbonyl (C=O) groups is 1. The molecule has 0 saturated carbocycles. The van der Waals surface area contributed by atoms with Gasteiger partial charge in [-0.3, -0.25) is 9.78 Å². The maximum absolute atomic E-state index is 10.6. The fraction of sp³-hybridized carbons (Fsp3) is 0.200. The summed E-state index contributed by atoms with van der Waals surface area (Å²) in [6.07, 6.45) is 1.54. The molecule has 2 heterocycles. The number of aryl methyl sites for hydroxylation is 1. The summed E-state index contributed by atoms with van der Waals surface area (Å²) < 4.78 is 1.79. The van der Waals surface area contributed by atoms with Crippen LogP contribution in [0.1, 0.15) is 5.69 Å². The van der Waals surface area contributed by atoms with Gasteiger partial charge in [0.1, 0.15) is 0 Å². The van der Waals surface area contributed by atoms with Crippen LogP contribution in [-0.2, 0) is 18.3 Å². The van der Waals surface area contributed by atoms with Crippen molar-refractivity contribution in [1.82, 2.24) is 9.55 Å². The van der Waals surface area contributed by atoms with Crippen LogP contribution in [0.2, 0.25) is 5.02 Å². The molecule has 0 bridgehead atoms. The summed E-state index contributed by atoms with van der Waals surface area (Å²) in [5.41, 5.74) is 2.32. The van der Waals surface area contributed by atoms with E-state index in [0.29, 0.717) is 10.7 Å². The number of fused-ring (bicyclic) bond motifs is 1. The molecule has 0 saturated heterocycles. The van der Waals surface area contributed by atoms with Gasteiger partial charge in [0.25, 0.3) is 0 Å². The molecule has 0 aromatic carbocycles. The number of carboxylic acids is 1. The fourth-order valence-electron chi connectivity index (χ4n) is 1.55. The highest BCUT2D eigenvalue weighted by Gasteiger charge is 2.09. The SMILES string of the molecule is Cn1c(CC(=O)O)cc2ncc(Cl)cc21. The van der Waals surface area contributed by atoms with E-state index in [1.165, 1.54) is 0 Å². The first-order chi connectivity index (χ1) is 7.08. The molecule has 0 fully saturated rings. The predicted octanol–water partition coefficient (Wildman–Crippen LogP) is 1.85. The fourth-order valence-corrected chi connectivity index (χ4v) is 1.71. The molecule has 1 N–H and O–H groups in total. The zero-order chi connectivity index (χ0) is 11.0. The molecular weight excluding hydrogens is 216 g/mol. The molecule has 0 aliphatic heterocycles. The lowest BCUT2D eigenvalue weighted by atomic mass is 10.3. The zero-order valence-electron chi connectivity index (χ0n) is 8.07. The van der Waals surface area contributed by atoms with Crippen LogP contribution < -0.4 is 0 Å². The van der Waals surface area contributed by atoms with Crippen molar-refractivity contribution in [2.24, 2.45) is 7.05 Å². The lowest BCUT2D eigenvalue weighted by molar-refractivity contribution is -0.136. The van der Waals surface area contributed by atoms with Gasteiger partial charge < -0.3 is 9.67 Å². The maximum atomic E-state index is 10.6. The first-order valence-electron chi connectivity index (χ1n) is 4.39. The van der Waals surface area contributed by atoms with Crippen LogP contribution in [0.5, 0.6) is 0 Å². The number of hydrogen-bond acceptors (Lipinski definition) is 2. The van der Waals surface area contributed by atoms with Crippen LogP contribution in [0.15, 0.2) is 18.3 Å². The summed E-state index contributed by atoms with van der Waals surface area (Å²) in [5, 5.41) is 9.26. The predicted molar refractivity (Wildman–Crippen MR) is 57.1 cm³/mol. The van der Waals surface area contributed by atoms with E-state index in [4.69, 9.17) is 16.7 Å². The van der Waals surface area contributed by atoms with Crippen molar-refractivity contribution in [3.05, 3.63) is 29.0 Å². The lowest BCUT2D eigenvalue weighted by Crippen LogP contribution is -2.04. The van der Waals surface area contributed by atoms with Crippen molar-refractivity contribution in [2.75, 3.05) is 0 Å². The zero-order valence-corrected chi connectivity index (χ0v) is 8.82. The number of halogens is 1. The van der Waals surface area contributed by atoms with Crippen LogP contribution in [0.25, 0.3) is 11.0 Å². The second kappa shape index (κ2) is 3.55. The minimum absolute atomic E-state index is 0.00945. The average Bonchev–Trinajstić information content (AvgIpc) is 2.44. The number of rotatable bonds is 2. The molecule has 15 heavy (non-hydrogen) atoms. The summed E-state index contributed by atoms with van der Waals surface area (Å²) in [6.45, 7) is 0. The summed E-state index contributed by atoms with van der Waals surface area (Å²) in [4.78, 5) is 14.7. The van der Waals surface area contributed by atoms with E-state index in [1.54, 1.807) is 29.9 Å². The molecule has 2 aromatic rings. The monoisotopic (exact) mass is 224 g/mol. The molecule has 4 nitrogen and oxygen atoms in total. The van der Waals surface area contributed by atoms with Crippen molar-refractivity contribution in [2.45, 2.75) is 6.42 Å². The molecular formula is C10H9ClN2O2. The number of nitrogens with zero attached hydrogens (tertiary/aromatic N) is 2. The molecule has 78 valence electrons. The van der Waals surface area contributed by atoms with Gasteiger partial charge in [-0.15, -0.1) is 0 Å². The quantitative estimate of drug-likeness (QED) is 0.847. The Morgan fingerprint density at radius 3 is 3.00 bits per heavy atom. The van der Waals surface area contributed by atoms with Gasteiger partial charge in [0, 0.05) is 18.9 Å². The van der Waals surface area contributed by atoms with Gasteiger partial charge >= 0.3 is 5.97 Å². The minimum atomic E-state index is -0.855. The third-order valence-corrected chi connectivity index (χ3v) is 2.50. The Hall–Kier alpha value is -1.55. The molecule has 2 aromatic heterocycles. The van der Waals surface area contributed by atoms with E-state index in [0.717, 1.165) is 11.0 Å². The highest BCUT2D eigenvalue weighted by molar-refractivity contribution is 6.31. The Bertz CT molecular complexity index is 533. The molecule has 2 rings (SSSR count). The summed E-state index contributed by atoms with van der Waals surface area (Å²) in [7, 11) is 1.80. The molecule has 0 radical (unpaired) electrons. The second-order valence-electron chi connectivity index (χ2n) is 3.32. The Balaban J connectivity index is 2.59. The Kier molecular flexibility index (Phi) is 2.36. The second-order valence-corrected chi connectivity index (χ2v) is 3.76. The molecule has 0 spiro atoms. The molecule has 0 aliphatic carbocycles. The first-order valence-corrected chi connectivity index (χ1v) is 4.77. The van der Waals surface area contributed by atoms with Crippen molar-refractivity contribution in [3.8, 4) is 0 Å². The summed E-state index contributed by atoms with van der Waals surface area (Å²) in [5.74, 6) is -0.855. The van der Waals surface area contributed by atoms with Crippen molar-refractivity contribution in [3.63, 3.8) is 0 Å². The number of aromatic nitrogens is 2. The molecule has 0 aliphatic rings. The highest BCUT2D eigenvalue weighted by Crippen LogP contribution is 2.20. The molecule has 5 heteroatoms. The maximum Gasteiger partial charge on any atom is 0.309 e. The van der Waals surface area contributed by atoms with Crippen molar-refractivity contribution in [1.29, 1.82) is 0 Å². The van der Waals surface area contributed by atoms with Gasteiger partial charge in [-0.1, -0.05) is 11.6 Å². The van der Waals surface area contributed by atoms with E-state index in [-0.39, 0.29) is 6.42 Å². The van der Waals surface area contributed by atoms with E-state index >= 15 is 0 Å². The highest BCUT2D eigenvalue weighted by atomic mass is 35.5. The third-order valence-electron chi connectivity index (χ3n) is 2.29. The summed E-state index contributed by atoms with van der Waals surface area (Å²) >= 11 is 5.81. The van der Waals surface area contributed by atoms with Crippen molar-refractivity contribution >= 4 is 28.6 Å². The number of hydrogen-bond donors (Lipinski definition) is 1. The smallest absolute Gasteiger partial charge is 0.309 e. The largest absolute Gasteiger partial charge is 0.481 e. The van der Waals surface area contributed by atoms with Gasteiger partial charge in [-0.2, -0.15) is 0 Å². The minimum Gasteiger partial charge on any atom is -0.481 e. The molecule has 0 amide bonds. The van der Waals surface area contributed by atoms with E-state index in [1.807, 2.05) is 0 Å². The normalized spacial score (nSPS) is 10.8. The van der Waals surface area contributed by atoms with Crippen LogP contribution in [0, 0.1) is 0 Å². The molecule has 0 unspecified atom stereocenters. The number of carboxylic acid groups (broad SMARTS) is 1. The molecule has 0 atom stereocenters. The Morgan fingerprint density at radius 1 is 1.60 bits per heavy atom. The van der Waals surface area contributed by atoms with Crippen LogP contribution in [0.4, 0.5) is 0 Å². The van der Waals surface area contributed by atoms with Gasteiger partial charge in [-0.05, 0) is 12.1 Å². The van der Waals surface area contributed by atoms with E-state index in [2.05, 4.69) is 4.98 Å². The van der Waals surface area contributed by atoms with Gasteiger partial charge in [0.05, 0.1) is 22.5 Å². The Labute approximate surface area is 91.1 Å². The Morgan fingerprint density at radius 2 is 2.33 bits per heavy atom. The summed E-state index contributed by atoms with van der Waals surface area (Å²) in [6, 6.07) is 3.54. The lowest BCUT2D eigenvalue weighted by Gasteiger charge is -2.00. The van der Waals surface area contributed by atoms with E-state index < -0.39 is 5.97 Å². The van der Waals surface area contributed by atoms with Gasteiger partial charge in [0.15, 0.2) is 0 Å². The van der Waals surface area contributed by atoms with Crippen molar-refractivity contribution < 1.29 is 9.90 Å². The number of aliphatic carboxylic acids is 1. The van der Waals surface area contributed by atoms with Crippen LogP contribution in [-0.4, -0.2) is 20.6 Å². The topological polar surface area (TPSA) is 55.1 Å². The first kappa shape index (κ1) is 9.98. The number of pyridine rings is 1. The van der Waals surface area contributed by atoms with Gasteiger partial charge in [-0.25, -0.2) is 0 Å². The van der Waals surface area contributed by atoms with Crippen LogP contribution >= 0.6 is 11.6 Å². The third kappa shape index (κ3) is 1.80. The van der Waals surface area contributed by atoms with E-state index in [9.17, 15) is 4.79 Å². The van der Waals surface area contributed by atoms with Crippen LogP contribution in [0.3, 0.4) is 0 Å².